The van der Waals surface area contributed by atoms with Crippen molar-refractivity contribution < 1.29 is 14.3 Å². The Bertz CT molecular complexity index is 1100. The SMILES string of the molecule is CCOC(=O)c1c(NC(=O)CSc2n[nH]c(C)n2)sc2c1CCN(Cc1ccccc1)C2. The number of carbonyl (C=O) groups excluding carboxylic acids is 2. The Kier molecular flexibility index (Phi) is 7.23. The zero-order valence-corrected chi connectivity index (χ0v) is 19.6. The molecule has 0 bridgehead atoms. The third-order valence-electron chi connectivity index (χ3n) is 5.03. The largest absolute Gasteiger partial charge is 0.462 e. The zero-order valence-electron chi connectivity index (χ0n) is 18.0. The lowest BCUT2D eigenvalue weighted by atomic mass is 10.0. The van der Waals surface area contributed by atoms with Crippen LogP contribution >= 0.6 is 23.1 Å². The van der Waals surface area contributed by atoms with Crippen LogP contribution in [0.3, 0.4) is 0 Å². The van der Waals surface area contributed by atoms with Crippen molar-refractivity contribution in [3.8, 4) is 0 Å². The lowest BCUT2D eigenvalue weighted by Gasteiger charge is -2.27. The molecule has 0 fully saturated rings. The molecule has 0 saturated heterocycles. The van der Waals surface area contributed by atoms with Crippen LogP contribution in [-0.4, -0.2) is 50.9 Å². The van der Waals surface area contributed by atoms with E-state index >= 15 is 0 Å². The Morgan fingerprint density at radius 3 is 2.84 bits per heavy atom. The summed E-state index contributed by atoms with van der Waals surface area (Å²) < 4.78 is 5.30. The number of aryl methyl sites for hydroxylation is 1. The molecule has 168 valence electrons. The van der Waals surface area contributed by atoms with Crippen molar-refractivity contribution in [3.63, 3.8) is 0 Å². The molecule has 1 aromatic carbocycles. The fourth-order valence-electron chi connectivity index (χ4n) is 3.62. The van der Waals surface area contributed by atoms with Crippen LogP contribution in [0, 0.1) is 6.92 Å². The van der Waals surface area contributed by atoms with E-state index in [0.717, 1.165) is 36.5 Å². The van der Waals surface area contributed by atoms with E-state index in [1.54, 1.807) is 13.8 Å². The topological polar surface area (TPSA) is 100 Å². The van der Waals surface area contributed by atoms with Crippen molar-refractivity contribution >= 4 is 40.0 Å². The van der Waals surface area contributed by atoms with Gasteiger partial charge in [0, 0.05) is 24.5 Å². The molecule has 1 aliphatic rings. The summed E-state index contributed by atoms with van der Waals surface area (Å²) in [6.07, 6.45) is 0.744. The first kappa shape index (κ1) is 22.5. The molecule has 3 heterocycles. The number of H-pyrrole nitrogens is 1. The third kappa shape index (κ3) is 5.37. The standard InChI is InChI=1S/C22H25N5O3S2/c1-3-30-21(29)19-16-9-10-27(11-15-7-5-4-6-8-15)12-17(16)32-20(19)24-18(28)13-31-22-23-14(2)25-26-22/h4-8H,3,9-13H2,1-2H3,(H,24,28)(H,23,25,26). The van der Waals surface area contributed by atoms with Gasteiger partial charge >= 0.3 is 5.97 Å². The highest BCUT2D eigenvalue weighted by Gasteiger charge is 2.29. The first-order valence-electron chi connectivity index (χ1n) is 10.4. The Morgan fingerprint density at radius 1 is 1.31 bits per heavy atom. The fourth-order valence-corrected chi connectivity index (χ4v) is 5.56. The van der Waals surface area contributed by atoms with E-state index in [0.29, 0.717) is 21.5 Å². The number of thiophene rings is 1. The predicted octanol–water partition coefficient (Wildman–Crippen LogP) is 3.64. The normalized spacial score (nSPS) is 13.6. The number of aromatic nitrogens is 3. The highest BCUT2D eigenvalue weighted by atomic mass is 32.2. The Hall–Kier alpha value is -2.69. The van der Waals surface area contributed by atoms with Crippen LogP contribution in [0.2, 0.25) is 0 Å². The van der Waals surface area contributed by atoms with E-state index in [-0.39, 0.29) is 24.2 Å². The van der Waals surface area contributed by atoms with Crippen LogP contribution in [0.4, 0.5) is 5.00 Å². The van der Waals surface area contributed by atoms with Crippen LogP contribution in [0.15, 0.2) is 35.5 Å². The highest BCUT2D eigenvalue weighted by Crippen LogP contribution is 2.38. The van der Waals surface area contributed by atoms with E-state index in [2.05, 4.69) is 37.5 Å². The molecule has 0 radical (unpaired) electrons. The minimum absolute atomic E-state index is 0.155. The molecule has 4 rings (SSSR count). The van der Waals surface area contributed by atoms with Gasteiger partial charge in [-0.05, 0) is 31.4 Å². The van der Waals surface area contributed by atoms with Crippen LogP contribution in [-0.2, 0) is 29.0 Å². The van der Waals surface area contributed by atoms with Gasteiger partial charge in [0.15, 0.2) is 0 Å². The van der Waals surface area contributed by atoms with E-state index in [1.807, 2.05) is 18.2 Å². The zero-order chi connectivity index (χ0) is 22.5. The second-order valence-corrected chi connectivity index (χ2v) is 9.46. The second kappa shape index (κ2) is 10.3. The number of ether oxygens (including phenoxy) is 1. The molecule has 0 aliphatic carbocycles. The quantitative estimate of drug-likeness (QED) is 0.382. The number of nitrogens with one attached hydrogen (secondary N) is 2. The van der Waals surface area contributed by atoms with Crippen molar-refractivity contribution in [1.29, 1.82) is 0 Å². The number of hydrogen-bond donors (Lipinski definition) is 2. The number of benzene rings is 1. The minimum atomic E-state index is -0.381. The number of fused-ring (bicyclic) bond motifs is 1. The molecule has 0 unspecified atom stereocenters. The van der Waals surface area contributed by atoms with Crippen LogP contribution in [0.1, 0.15) is 39.1 Å². The molecule has 3 aromatic rings. The van der Waals surface area contributed by atoms with Gasteiger partial charge in [-0.25, -0.2) is 9.78 Å². The molecule has 0 spiro atoms. The summed E-state index contributed by atoms with van der Waals surface area (Å²) in [7, 11) is 0. The van der Waals surface area contributed by atoms with Gasteiger partial charge in [-0.15, -0.1) is 16.4 Å². The number of hydrogen-bond acceptors (Lipinski definition) is 8. The van der Waals surface area contributed by atoms with E-state index < -0.39 is 0 Å². The van der Waals surface area contributed by atoms with Crippen molar-refractivity contribution in [1.82, 2.24) is 20.1 Å². The average molecular weight is 472 g/mol. The number of aromatic amines is 1. The maximum Gasteiger partial charge on any atom is 0.341 e. The van der Waals surface area contributed by atoms with Crippen molar-refractivity contribution in [2.24, 2.45) is 0 Å². The predicted molar refractivity (Wildman–Crippen MR) is 125 cm³/mol. The number of carbonyl (C=O) groups is 2. The molecule has 1 amide bonds. The number of rotatable bonds is 8. The Labute approximate surface area is 194 Å². The molecule has 0 atom stereocenters. The summed E-state index contributed by atoms with van der Waals surface area (Å²) in [5, 5.41) is 10.8. The van der Waals surface area contributed by atoms with Gasteiger partial charge in [-0.1, -0.05) is 42.1 Å². The summed E-state index contributed by atoms with van der Waals surface area (Å²) in [5.74, 6) is 0.266. The number of nitrogens with zero attached hydrogens (tertiary/aromatic N) is 3. The fraction of sp³-hybridized carbons (Fsp3) is 0.364. The van der Waals surface area contributed by atoms with Gasteiger partial charge in [-0.3, -0.25) is 14.8 Å². The van der Waals surface area contributed by atoms with Crippen molar-refractivity contribution in [2.45, 2.75) is 38.5 Å². The molecule has 8 nitrogen and oxygen atoms in total. The molecule has 2 N–H and O–H groups in total. The lowest BCUT2D eigenvalue weighted by molar-refractivity contribution is -0.113. The van der Waals surface area contributed by atoms with Gasteiger partial charge < -0.3 is 10.1 Å². The molecular weight excluding hydrogens is 446 g/mol. The summed E-state index contributed by atoms with van der Waals surface area (Å²) in [4.78, 5) is 33.0. The van der Waals surface area contributed by atoms with E-state index in [4.69, 9.17) is 4.74 Å². The van der Waals surface area contributed by atoms with Crippen molar-refractivity contribution in [2.75, 3.05) is 24.2 Å². The van der Waals surface area contributed by atoms with Crippen LogP contribution in [0.5, 0.6) is 0 Å². The monoisotopic (exact) mass is 471 g/mol. The van der Waals surface area contributed by atoms with E-state index in [9.17, 15) is 9.59 Å². The molecule has 0 saturated carbocycles. The number of thioether (sulfide) groups is 1. The maximum absolute atomic E-state index is 12.7. The van der Waals surface area contributed by atoms with Gasteiger partial charge in [0.25, 0.3) is 0 Å². The summed E-state index contributed by atoms with van der Waals surface area (Å²) in [6.45, 7) is 6.31. The summed E-state index contributed by atoms with van der Waals surface area (Å²) >= 11 is 2.71. The average Bonchev–Trinajstić information content (AvgIpc) is 3.35. The number of esters is 1. The highest BCUT2D eigenvalue weighted by molar-refractivity contribution is 7.99. The summed E-state index contributed by atoms with van der Waals surface area (Å²) in [5.41, 5.74) is 2.74. The first-order valence-corrected chi connectivity index (χ1v) is 12.2. The van der Waals surface area contributed by atoms with Crippen LogP contribution in [0.25, 0.3) is 0 Å². The summed E-state index contributed by atoms with van der Waals surface area (Å²) in [6, 6.07) is 10.3. The van der Waals surface area contributed by atoms with Crippen LogP contribution < -0.4 is 5.32 Å². The minimum Gasteiger partial charge on any atom is -0.462 e. The Morgan fingerprint density at radius 2 is 2.12 bits per heavy atom. The Balaban J connectivity index is 1.49. The second-order valence-electron chi connectivity index (χ2n) is 7.41. The lowest BCUT2D eigenvalue weighted by Crippen LogP contribution is -2.30. The van der Waals surface area contributed by atoms with Gasteiger partial charge in [-0.2, -0.15) is 0 Å². The smallest absolute Gasteiger partial charge is 0.341 e. The molecule has 1 aliphatic heterocycles. The van der Waals surface area contributed by atoms with Gasteiger partial charge in [0.2, 0.25) is 11.1 Å². The number of anilines is 1. The van der Waals surface area contributed by atoms with Gasteiger partial charge in [0.05, 0.1) is 17.9 Å². The van der Waals surface area contributed by atoms with Gasteiger partial charge in [0.1, 0.15) is 10.8 Å². The molecule has 2 aromatic heterocycles. The maximum atomic E-state index is 12.7. The third-order valence-corrected chi connectivity index (χ3v) is 7.01. The first-order chi connectivity index (χ1) is 15.5. The number of amides is 1. The van der Waals surface area contributed by atoms with E-state index in [1.165, 1.54) is 28.7 Å². The molecule has 10 heteroatoms. The molecular formula is C22H25N5O3S2. The molecule has 32 heavy (non-hydrogen) atoms. The van der Waals surface area contributed by atoms with Crippen molar-refractivity contribution in [3.05, 3.63) is 57.7 Å².